The number of rotatable bonds is 9. The van der Waals surface area contributed by atoms with Crippen molar-refractivity contribution in [3.8, 4) is 16.5 Å². The van der Waals surface area contributed by atoms with Gasteiger partial charge in [0.05, 0.1) is 22.4 Å². The summed E-state index contributed by atoms with van der Waals surface area (Å²) in [4.78, 5) is 16.6. The molecule has 0 saturated carbocycles. The molecule has 3 rings (SSSR count). The van der Waals surface area contributed by atoms with Gasteiger partial charge in [0.1, 0.15) is 13.2 Å². The summed E-state index contributed by atoms with van der Waals surface area (Å²) in [5.74, 6) is -0.465. The molecule has 1 aromatic carbocycles. The van der Waals surface area contributed by atoms with Gasteiger partial charge in [-0.15, -0.1) is 11.3 Å². The van der Waals surface area contributed by atoms with Crippen molar-refractivity contribution in [2.45, 2.75) is 13.2 Å². The normalized spacial score (nSPS) is 10.7. The third kappa shape index (κ3) is 5.31. The number of thiophene rings is 1. The number of hydrogen-bond acceptors (Lipinski definition) is 5. The zero-order valence-electron chi connectivity index (χ0n) is 15.1. The van der Waals surface area contributed by atoms with Gasteiger partial charge in [-0.1, -0.05) is 30.9 Å². The Hall–Kier alpha value is -3.38. The molecule has 0 bridgehead atoms. The Labute approximate surface area is 167 Å². The summed E-state index contributed by atoms with van der Waals surface area (Å²) < 4.78 is 11.4. The van der Waals surface area contributed by atoms with E-state index in [0.29, 0.717) is 12.5 Å². The molecule has 3 aromatic rings. The minimum atomic E-state index is -0.951. The van der Waals surface area contributed by atoms with Gasteiger partial charge in [0.2, 0.25) is 5.88 Å². The molecule has 0 unspecified atom stereocenters. The van der Waals surface area contributed by atoms with E-state index in [4.69, 9.17) is 14.6 Å². The maximum atomic E-state index is 10.9. The Morgan fingerprint density at radius 2 is 1.96 bits per heavy atom. The van der Waals surface area contributed by atoms with Crippen LogP contribution in [0.3, 0.4) is 0 Å². The van der Waals surface area contributed by atoms with Gasteiger partial charge in [-0.2, -0.15) is 0 Å². The molecule has 0 saturated heterocycles. The van der Waals surface area contributed by atoms with Crippen molar-refractivity contribution in [2.24, 2.45) is 0 Å². The largest absolute Gasteiger partial charge is 0.497 e. The molecule has 6 heteroatoms. The van der Waals surface area contributed by atoms with Gasteiger partial charge in [-0.3, -0.25) is 0 Å². The topological polar surface area (TPSA) is 68.7 Å². The molecule has 28 heavy (non-hydrogen) atoms. The van der Waals surface area contributed by atoms with E-state index < -0.39 is 5.97 Å². The summed E-state index contributed by atoms with van der Waals surface area (Å²) >= 11 is 1.60. The summed E-state index contributed by atoms with van der Waals surface area (Å²) in [5.41, 5.74) is 2.86. The second kappa shape index (κ2) is 9.53. The number of nitrogens with zero attached hydrogens (tertiary/aromatic N) is 1. The number of benzene rings is 1. The molecule has 0 atom stereocenters. The first-order chi connectivity index (χ1) is 13.7. The SMILES string of the molecule is C=C/C=C\OCc1cc(OCc2ccc(C(=O)O)cc2)nc(-c2cccs2)c1. The molecular formula is C22H19NO4S. The zero-order valence-corrected chi connectivity index (χ0v) is 15.9. The molecule has 2 aromatic heterocycles. The Balaban J connectivity index is 1.76. The molecule has 0 aliphatic carbocycles. The van der Waals surface area contributed by atoms with Gasteiger partial charge in [0.25, 0.3) is 0 Å². The number of aromatic carboxylic acids is 1. The molecule has 0 spiro atoms. The second-order valence-electron chi connectivity index (χ2n) is 5.84. The van der Waals surface area contributed by atoms with E-state index in [-0.39, 0.29) is 12.2 Å². The Morgan fingerprint density at radius 1 is 1.14 bits per heavy atom. The van der Waals surface area contributed by atoms with Crippen LogP contribution in [0.5, 0.6) is 5.88 Å². The molecule has 0 aliphatic heterocycles. The molecule has 1 N–H and O–H groups in total. The third-order valence-electron chi connectivity index (χ3n) is 3.78. The average molecular weight is 393 g/mol. The van der Waals surface area contributed by atoms with Crippen molar-refractivity contribution in [1.82, 2.24) is 4.98 Å². The van der Waals surface area contributed by atoms with Crippen molar-refractivity contribution in [3.63, 3.8) is 0 Å². The highest BCUT2D eigenvalue weighted by Gasteiger charge is 2.08. The smallest absolute Gasteiger partial charge is 0.335 e. The second-order valence-corrected chi connectivity index (χ2v) is 6.79. The van der Waals surface area contributed by atoms with Crippen LogP contribution in [0.25, 0.3) is 10.6 Å². The van der Waals surface area contributed by atoms with Crippen LogP contribution in [-0.2, 0) is 18.0 Å². The van der Waals surface area contributed by atoms with Gasteiger partial charge >= 0.3 is 5.97 Å². The fourth-order valence-corrected chi connectivity index (χ4v) is 3.11. The van der Waals surface area contributed by atoms with E-state index in [9.17, 15) is 4.79 Å². The molecular weight excluding hydrogens is 374 g/mol. The highest BCUT2D eigenvalue weighted by Crippen LogP contribution is 2.27. The lowest BCUT2D eigenvalue weighted by molar-refractivity contribution is 0.0697. The van der Waals surface area contributed by atoms with Gasteiger partial charge in [0.15, 0.2) is 0 Å². The van der Waals surface area contributed by atoms with Crippen LogP contribution < -0.4 is 4.74 Å². The van der Waals surface area contributed by atoms with E-state index in [0.717, 1.165) is 21.7 Å². The maximum absolute atomic E-state index is 10.9. The number of ether oxygens (including phenoxy) is 2. The number of carboxylic acids is 1. The lowest BCUT2D eigenvalue weighted by Gasteiger charge is -2.10. The van der Waals surface area contributed by atoms with Crippen molar-refractivity contribution in [3.05, 3.63) is 95.6 Å². The lowest BCUT2D eigenvalue weighted by Crippen LogP contribution is -2.01. The van der Waals surface area contributed by atoms with Gasteiger partial charge < -0.3 is 14.6 Å². The van der Waals surface area contributed by atoms with Gasteiger partial charge in [-0.25, -0.2) is 9.78 Å². The molecule has 0 aliphatic rings. The van der Waals surface area contributed by atoms with Crippen LogP contribution in [0.2, 0.25) is 0 Å². The summed E-state index contributed by atoms with van der Waals surface area (Å²) in [6.45, 7) is 4.28. The predicted molar refractivity (Wildman–Crippen MR) is 109 cm³/mol. The maximum Gasteiger partial charge on any atom is 0.335 e. The lowest BCUT2D eigenvalue weighted by atomic mass is 10.1. The Kier molecular flexibility index (Phi) is 6.59. The number of aromatic nitrogens is 1. The predicted octanol–water partition coefficient (Wildman–Crippen LogP) is 5.30. The van der Waals surface area contributed by atoms with Crippen molar-refractivity contribution in [2.75, 3.05) is 0 Å². The molecule has 142 valence electrons. The summed E-state index contributed by atoms with van der Waals surface area (Å²) in [5, 5.41) is 11.0. The first-order valence-electron chi connectivity index (χ1n) is 8.55. The van der Waals surface area contributed by atoms with E-state index in [2.05, 4.69) is 11.6 Å². The van der Waals surface area contributed by atoms with Crippen molar-refractivity contribution >= 4 is 17.3 Å². The number of carbonyl (C=O) groups is 1. The summed E-state index contributed by atoms with van der Waals surface area (Å²) in [7, 11) is 0. The van der Waals surface area contributed by atoms with Crippen LogP contribution in [0.4, 0.5) is 0 Å². The minimum absolute atomic E-state index is 0.244. The average Bonchev–Trinajstić information content (AvgIpc) is 3.25. The molecule has 0 fully saturated rings. The highest BCUT2D eigenvalue weighted by atomic mass is 32.1. The van der Waals surface area contributed by atoms with E-state index in [1.54, 1.807) is 54.0 Å². The molecule has 0 amide bonds. The molecule has 5 nitrogen and oxygen atoms in total. The van der Waals surface area contributed by atoms with Crippen LogP contribution in [-0.4, -0.2) is 16.1 Å². The molecule has 0 radical (unpaired) electrons. The zero-order chi connectivity index (χ0) is 19.8. The number of allylic oxidation sites excluding steroid dienone is 2. The summed E-state index contributed by atoms with van der Waals surface area (Å²) in [6, 6.07) is 14.4. The number of hydrogen-bond donors (Lipinski definition) is 1. The highest BCUT2D eigenvalue weighted by molar-refractivity contribution is 7.13. The van der Waals surface area contributed by atoms with Gasteiger partial charge in [0, 0.05) is 6.07 Å². The Morgan fingerprint density at radius 3 is 2.64 bits per heavy atom. The van der Waals surface area contributed by atoms with Crippen LogP contribution >= 0.6 is 11.3 Å². The third-order valence-corrected chi connectivity index (χ3v) is 4.68. The van der Waals surface area contributed by atoms with Crippen molar-refractivity contribution in [1.29, 1.82) is 0 Å². The molecule has 2 heterocycles. The standard InChI is InChI=1S/C22H19NO4S/c1-2-3-10-26-14-17-12-19(20-5-4-11-28-20)23-21(13-17)27-15-16-6-8-18(9-7-16)22(24)25/h2-13H,1,14-15H2,(H,24,25)/b10-3-. The Bertz CT molecular complexity index is 963. The van der Waals surface area contributed by atoms with Crippen LogP contribution in [0.15, 0.2) is 78.9 Å². The monoisotopic (exact) mass is 393 g/mol. The first kappa shape index (κ1) is 19.4. The van der Waals surface area contributed by atoms with Crippen LogP contribution in [0.1, 0.15) is 21.5 Å². The van der Waals surface area contributed by atoms with E-state index in [1.807, 2.05) is 29.6 Å². The first-order valence-corrected chi connectivity index (χ1v) is 9.43. The summed E-state index contributed by atoms with van der Waals surface area (Å²) in [6.07, 6.45) is 4.95. The van der Waals surface area contributed by atoms with Crippen LogP contribution in [0, 0.1) is 0 Å². The number of carboxylic acid groups (broad SMARTS) is 1. The van der Waals surface area contributed by atoms with E-state index in [1.165, 1.54) is 0 Å². The quantitative estimate of drug-likeness (QED) is 0.394. The minimum Gasteiger partial charge on any atom is -0.497 e. The van der Waals surface area contributed by atoms with Gasteiger partial charge in [-0.05, 0) is 46.8 Å². The van der Waals surface area contributed by atoms with E-state index >= 15 is 0 Å². The number of pyridine rings is 1. The van der Waals surface area contributed by atoms with Crippen molar-refractivity contribution < 1.29 is 19.4 Å². The fraction of sp³-hybridized carbons (Fsp3) is 0.0909. The fourth-order valence-electron chi connectivity index (χ4n) is 2.42.